The Labute approximate surface area is 164 Å². The van der Waals surface area contributed by atoms with Crippen molar-refractivity contribution in [1.82, 2.24) is 0 Å². The molecule has 0 saturated carbocycles. The van der Waals surface area contributed by atoms with Crippen LogP contribution in [0, 0.1) is 11.8 Å². The van der Waals surface area contributed by atoms with Crippen LogP contribution in [0.4, 0.5) is 0 Å². The van der Waals surface area contributed by atoms with Crippen LogP contribution < -0.4 is 0 Å². The van der Waals surface area contributed by atoms with E-state index in [4.69, 9.17) is 8.85 Å². The fourth-order valence-electron chi connectivity index (χ4n) is 3.48. The summed E-state index contributed by atoms with van der Waals surface area (Å²) in [6, 6.07) is 3.31. The highest BCUT2D eigenvalue weighted by atomic mass is 28.4. The van der Waals surface area contributed by atoms with E-state index in [0.29, 0.717) is 0 Å². The van der Waals surface area contributed by atoms with Crippen molar-refractivity contribution < 1.29 is 13.6 Å². The summed E-state index contributed by atoms with van der Waals surface area (Å²) in [5, 5.41) is 0.146. The first-order chi connectivity index (χ1) is 11.8. The molecule has 0 spiro atoms. The fraction of sp³-hybridized carbons (Fsp3) is 0.857. The van der Waals surface area contributed by atoms with Gasteiger partial charge in [0, 0.05) is 11.8 Å². The summed E-state index contributed by atoms with van der Waals surface area (Å²) in [4.78, 5) is 12.6. The summed E-state index contributed by atoms with van der Waals surface area (Å²) in [6.45, 7) is 22.3. The summed E-state index contributed by atoms with van der Waals surface area (Å²) >= 11 is 0. The number of hydrogen-bond acceptors (Lipinski definition) is 3. The third-order valence-corrected chi connectivity index (χ3v) is 16.1. The highest BCUT2D eigenvalue weighted by molar-refractivity contribution is 6.74. The molecule has 0 amide bonds. The quantitative estimate of drug-likeness (QED) is 0.480. The van der Waals surface area contributed by atoms with Crippen molar-refractivity contribution in [2.24, 2.45) is 11.8 Å². The van der Waals surface area contributed by atoms with Crippen molar-refractivity contribution in [2.45, 2.75) is 104 Å². The molecular formula is C21H42O3Si2. The standard InChI is InChI=1S/C21H42O3Si2/c1-11-26(12-2,13-3)24-20-16(4)18(22)14-15-19(17(20)5)23-25(9,10)21(6,7)8/h14-17,19-20H,11-13H2,1-10H3/t16-,17+,19-,20-/m1/s1. The van der Waals surface area contributed by atoms with E-state index in [-0.39, 0.29) is 34.9 Å². The zero-order valence-corrected chi connectivity index (χ0v) is 20.8. The molecule has 1 aliphatic rings. The van der Waals surface area contributed by atoms with Gasteiger partial charge in [-0.25, -0.2) is 0 Å². The summed E-state index contributed by atoms with van der Waals surface area (Å²) < 4.78 is 13.6. The summed E-state index contributed by atoms with van der Waals surface area (Å²) in [7, 11) is -3.71. The first kappa shape index (κ1) is 23.8. The molecule has 26 heavy (non-hydrogen) atoms. The van der Waals surface area contributed by atoms with Crippen LogP contribution in [-0.4, -0.2) is 34.6 Å². The molecule has 0 aliphatic heterocycles. The van der Waals surface area contributed by atoms with E-state index >= 15 is 0 Å². The lowest BCUT2D eigenvalue weighted by Crippen LogP contribution is -2.50. The largest absolute Gasteiger partial charge is 0.413 e. The lowest BCUT2D eigenvalue weighted by molar-refractivity contribution is -0.121. The molecule has 0 N–H and O–H groups in total. The van der Waals surface area contributed by atoms with Gasteiger partial charge >= 0.3 is 0 Å². The van der Waals surface area contributed by atoms with Crippen LogP contribution in [0.3, 0.4) is 0 Å². The second kappa shape index (κ2) is 8.84. The van der Waals surface area contributed by atoms with Gasteiger partial charge in [-0.2, -0.15) is 0 Å². The number of hydrogen-bond donors (Lipinski definition) is 0. The van der Waals surface area contributed by atoms with Crippen LogP contribution in [0.5, 0.6) is 0 Å². The predicted molar refractivity (Wildman–Crippen MR) is 117 cm³/mol. The van der Waals surface area contributed by atoms with Crippen LogP contribution in [-0.2, 0) is 13.6 Å². The van der Waals surface area contributed by atoms with Crippen molar-refractivity contribution in [2.75, 3.05) is 0 Å². The molecule has 1 rings (SSSR count). The first-order valence-corrected chi connectivity index (χ1v) is 15.9. The Hall–Kier alpha value is -0.236. The molecule has 0 radical (unpaired) electrons. The van der Waals surface area contributed by atoms with E-state index in [0.717, 1.165) is 18.1 Å². The SMILES string of the molecule is CC[Si](CC)(CC)O[C@H]1[C@@H](C)[C@H](O[Si](C)(C)C(C)(C)C)C=CC(=O)[C@H]1C. The van der Waals surface area contributed by atoms with Gasteiger partial charge in [0.2, 0.25) is 0 Å². The highest BCUT2D eigenvalue weighted by Crippen LogP contribution is 2.40. The third kappa shape index (κ3) is 5.18. The van der Waals surface area contributed by atoms with Crippen molar-refractivity contribution in [1.29, 1.82) is 0 Å². The minimum Gasteiger partial charge on any atom is -0.413 e. The van der Waals surface area contributed by atoms with E-state index < -0.39 is 16.6 Å². The fourth-order valence-corrected chi connectivity index (χ4v) is 7.81. The minimum absolute atomic E-state index is 0.0490. The topological polar surface area (TPSA) is 35.5 Å². The van der Waals surface area contributed by atoms with Gasteiger partial charge in [0.15, 0.2) is 22.4 Å². The van der Waals surface area contributed by atoms with Gasteiger partial charge in [0.25, 0.3) is 0 Å². The Kier molecular flexibility index (Phi) is 8.10. The molecule has 4 atom stereocenters. The third-order valence-electron chi connectivity index (χ3n) is 6.98. The van der Waals surface area contributed by atoms with Crippen molar-refractivity contribution in [3.8, 4) is 0 Å². The Bertz CT molecular complexity index is 496. The molecule has 0 aromatic heterocycles. The van der Waals surface area contributed by atoms with E-state index in [1.165, 1.54) is 0 Å². The molecule has 0 bridgehead atoms. The average molecular weight is 399 g/mol. The Balaban J connectivity index is 3.17. The highest BCUT2D eigenvalue weighted by Gasteiger charge is 2.45. The predicted octanol–water partition coefficient (Wildman–Crippen LogP) is 6.18. The molecule has 0 aromatic rings. The normalized spacial score (nSPS) is 28.3. The molecule has 152 valence electrons. The summed E-state index contributed by atoms with van der Waals surface area (Å²) in [6.07, 6.45) is 3.64. The van der Waals surface area contributed by atoms with E-state index in [2.05, 4.69) is 61.6 Å². The van der Waals surface area contributed by atoms with Crippen LogP contribution in [0.15, 0.2) is 12.2 Å². The van der Waals surface area contributed by atoms with Crippen LogP contribution >= 0.6 is 0 Å². The number of rotatable bonds is 7. The van der Waals surface area contributed by atoms with Gasteiger partial charge in [0.05, 0.1) is 12.2 Å². The second-order valence-electron chi connectivity index (χ2n) is 9.58. The first-order valence-electron chi connectivity index (χ1n) is 10.4. The smallest absolute Gasteiger partial charge is 0.192 e. The molecule has 3 nitrogen and oxygen atoms in total. The van der Waals surface area contributed by atoms with Gasteiger partial charge in [0.1, 0.15) is 0 Å². The molecule has 0 unspecified atom stereocenters. The zero-order valence-electron chi connectivity index (χ0n) is 18.8. The van der Waals surface area contributed by atoms with E-state index in [9.17, 15) is 4.79 Å². The van der Waals surface area contributed by atoms with Gasteiger partial charge in [-0.05, 0) is 42.3 Å². The maximum absolute atomic E-state index is 12.6. The van der Waals surface area contributed by atoms with Crippen molar-refractivity contribution in [3.05, 3.63) is 12.2 Å². The Morgan fingerprint density at radius 2 is 1.50 bits per heavy atom. The maximum atomic E-state index is 12.6. The average Bonchev–Trinajstić information content (AvgIpc) is 2.65. The van der Waals surface area contributed by atoms with Gasteiger partial charge in [-0.3, -0.25) is 4.79 Å². The van der Waals surface area contributed by atoms with Crippen molar-refractivity contribution >= 4 is 22.4 Å². The molecule has 0 saturated heterocycles. The second-order valence-corrected chi connectivity index (χ2v) is 19.1. The van der Waals surface area contributed by atoms with Crippen LogP contribution in [0.2, 0.25) is 36.3 Å². The molecular weight excluding hydrogens is 356 g/mol. The molecule has 0 heterocycles. The molecule has 0 aromatic carbocycles. The number of carbonyl (C=O) groups excluding carboxylic acids is 1. The Morgan fingerprint density at radius 1 is 1.00 bits per heavy atom. The maximum Gasteiger partial charge on any atom is 0.192 e. The summed E-state index contributed by atoms with van der Waals surface area (Å²) in [5.41, 5.74) is 0. The molecule has 5 heteroatoms. The lowest BCUT2D eigenvalue weighted by Gasteiger charge is -2.43. The van der Waals surface area contributed by atoms with Crippen molar-refractivity contribution in [3.63, 3.8) is 0 Å². The minimum atomic E-state index is -1.92. The summed E-state index contributed by atoms with van der Waals surface area (Å²) in [5.74, 6) is 0.249. The number of ketones is 1. The van der Waals surface area contributed by atoms with Crippen LogP contribution in [0.1, 0.15) is 55.4 Å². The van der Waals surface area contributed by atoms with E-state index in [1.54, 1.807) is 6.08 Å². The molecule has 1 aliphatic carbocycles. The van der Waals surface area contributed by atoms with Gasteiger partial charge in [-0.1, -0.05) is 61.5 Å². The zero-order chi connectivity index (χ0) is 20.3. The van der Waals surface area contributed by atoms with Gasteiger partial charge in [-0.15, -0.1) is 0 Å². The van der Waals surface area contributed by atoms with Crippen LogP contribution in [0.25, 0.3) is 0 Å². The monoisotopic (exact) mass is 398 g/mol. The van der Waals surface area contributed by atoms with Gasteiger partial charge < -0.3 is 8.85 Å². The number of allylic oxidation sites excluding steroid dienone is 1. The number of carbonyl (C=O) groups is 1. The Morgan fingerprint density at radius 3 is 1.92 bits per heavy atom. The molecule has 0 fully saturated rings. The van der Waals surface area contributed by atoms with E-state index in [1.807, 2.05) is 13.0 Å². The lowest BCUT2D eigenvalue weighted by atomic mass is 9.90.